The topological polar surface area (TPSA) is 85.9 Å². The van der Waals surface area contributed by atoms with Crippen molar-refractivity contribution >= 4 is 32.9 Å². The van der Waals surface area contributed by atoms with Gasteiger partial charge in [0.25, 0.3) is 0 Å². The SMILES string of the molecule is COc1ccc(C(C)=NOCc2nc3c4c5c(sc4ncn3n2)C(C)(C)NC(C)(C)C5)cc1. The summed E-state index contributed by atoms with van der Waals surface area (Å²) in [5.41, 5.74) is 3.73. The van der Waals surface area contributed by atoms with Gasteiger partial charge in [-0.1, -0.05) is 5.16 Å². The second-order valence-corrected chi connectivity index (χ2v) is 10.6. The molecule has 9 heteroatoms. The first-order chi connectivity index (χ1) is 15.7. The average molecular weight is 465 g/mol. The van der Waals surface area contributed by atoms with Crippen LogP contribution in [0.5, 0.6) is 5.75 Å². The van der Waals surface area contributed by atoms with E-state index in [1.54, 1.807) is 29.3 Å². The number of nitrogens with zero attached hydrogens (tertiary/aromatic N) is 5. The Bertz CT molecular complexity index is 1370. The number of methoxy groups -OCH3 is 1. The van der Waals surface area contributed by atoms with E-state index in [2.05, 4.69) is 48.3 Å². The minimum Gasteiger partial charge on any atom is -0.497 e. The molecule has 4 heterocycles. The van der Waals surface area contributed by atoms with E-state index in [0.717, 1.165) is 39.3 Å². The molecule has 0 spiro atoms. The molecular formula is C24H28N6O2S. The van der Waals surface area contributed by atoms with Crippen LogP contribution in [0.4, 0.5) is 0 Å². The Hall–Kier alpha value is -3.04. The molecule has 3 aromatic heterocycles. The zero-order valence-electron chi connectivity index (χ0n) is 19.8. The molecule has 4 aromatic rings. The Morgan fingerprint density at radius 2 is 1.97 bits per heavy atom. The van der Waals surface area contributed by atoms with Crippen LogP contribution in [0.2, 0.25) is 0 Å². The van der Waals surface area contributed by atoms with E-state index in [9.17, 15) is 0 Å². The number of rotatable bonds is 5. The monoisotopic (exact) mass is 464 g/mol. The van der Waals surface area contributed by atoms with Gasteiger partial charge in [-0.15, -0.1) is 16.4 Å². The zero-order chi connectivity index (χ0) is 23.4. The Morgan fingerprint density at radius 1 is 1.21 bits per heavy atom. The predicted molar refractivity (Wildman–Crippen MR) is 130 cm³/mol. The molecule has 1 aliphatic heterocycles. The van der Waals surface area contributed by atoms with Crippen molar-refractivity contribution in [3.63, 3.8) is 0 Å². The largest absolute Gasteiger partial charge is 0.497 e. The number of oxime groups is 1. The van der Waals surface area contributed by atoms with E-state index in [4.69, 9.17) is 14.6 Å². The maximum absolute atomic E-state index is 5.58. The number of hydrogen-bond donors (Lipinski definition) is 1. The Morgan fingerprint density at radius 3 is 2.70 bits per heavy atom. The molecule has 0 atom stereocenters. The molecular weight excluding hydrogens is 436 g/mol. The van der Waals surface area contributed by atoms with Gasteiger partial charge < -0.3 is 14.9 Å². The second kappa shape index (κ2) is 7.78. The van der Waals surface area contributed by atoms with Gasteiger partial charge in [-0.25, -0.2) is 14.5 Å². The average Bonchev–Trinajstić information content (AvgIpc) is 3.33. The maximum atomic E-state index is 5.58. The van der Waals surface area contributed by atoms with Gasteiger partial charge >= 0.3 is 0 Å². The van der Waals surface area contributed by atoms with Crippen LogP contribution < -0.4 is 10.1 Å². The van der Waals surface area contributed by atoms with Crippen LogP contribution >= 0.6 is 11.3 Å². The molecule has 0 fully saturated rings. The lowest BCUT2D eigenvalue weighted by molar-refractivity contribution is 0.125. The smallest absolute Gasteiger partial charge is 0.192 e. The molecule has 33 heavy (non-hydrogen) atoms. The fourth-order valence-electron chi connectivity index (χ4n) is 4.69. The third-order valence-electron chi connectivity index (χ3n) is 5.91. The highest BCUT2D eigenvalue weighted by molar-refractivity contribution is 7.19. The predicted octanol–water partition coefficient (Wildman–Crippen LogP) is 4.45. The fraction of sp³-hybridized carbons (Fsp3) is 0.417. The van der Waals surface area contributed by atoms with Crippen molar-refractivity contribution in [2.45, 2.75) is 58.7 Å². The van der Waals surface area contributed by atoms with E-state index in [1.807, 2.05) is 31.2 Å². The lowest BCUT2D eigenvalue weighted by Gasteiger charge is -2.42. The molecule has 0 radical (unpaired) electrons. The van der Waals surface area contributed by atoms with E-state index in [1.165, 1.54) is 10.4 Å². The van der Waals surface area contributed by atoms with Gasteiger partial charge in [0.2, 0.25) is 0 Å². The third-order valence-corrected chi connectivity index (χ3v) is 7.38. The summed E-state index contributed by atoms with van der Waals surface area (Å²) in [4.78, 5) is 17.4. The molecule has 1 aromatic carbocycles. The van der Waals surface area contributed by atoms with E-state index < -0.39 is 0 Å². The fourth-order valence-corrected chi connectivity index (χ4v) is 5.91. The van der Waals surface area contributed by atoms with Gasteiger partial charge in [-0.2, -0.15) is 0 Å². The van der Waals surface area contributed by atoms with E-state index in [0.29, 0.717) is 5.82 Å². The van der Waals surface area contributed by atoms with Crippen LogP contribution in [0.25, 0.3) is 15.9 Å². The first-order valence-corrected chi connectivity index (χ1v) is 11.7. The van der Waals surface area contributed by atoms with Gasteiger partial charge in [0.1, 0.15) is 16.9 Å². The molecule has 0 bridgehead atoms. The lowest BCUT2D eigenvalue weighted by Crippen LogP contribution is -2.54. The van der Waals surface area contributed by atoms with Crippen LogP contribution in [0.1, 0.15) is 56.4 Å². The minimum atomic E-state index is -0.126. The first kappa shape index (κ1) is 21.8. The van der Waals surface area contributed by atoms with Crippen molar-refractivity contribution in [2.75, 3.05) is 7.11 Å². The van der Waals surface area contributed by atoms with Gasteiger partial charge in [0.05, 0.1) is 18.2 Å². The van der Waals surface area contributed by atoms with E-state index >= 15 is 0 Å². The first-order valence-electron chi connectivity index (χ1n) is 10.9. The molecule has 0 amide bonds. The van der Waals surface area contributed by atoms with Crippen LogP contribution in [-0.4, -0.2) is 37.9 Å². The molecule has 172 valence electrons. The highest BCUT2D eigenvalue weighted by Crippen LogP contribution is 2.44. The van der Waals surface area contributed by atoms with Crippen LogP contribution in [0, 0.1) is 0 Å². The summed E-state index contributed by atoms with van der Waals surface area (Å²) < 4.78 is 6.95. The van der Waals surface area contributed by atoms with Crippen molar-refractivity contribution < 1.29 is 9.57 Å². The second-order valence-electron chi connectivity index (χ2n) is 9.62. The normalized spacial score (nSPS) is 17.3. The Labute approximate surface area is 196 Å². The summed E-state index contributed by atoms with van der Waals surface area (Å²) in [6.07, 6.45) is 2.64. The Kier molecular flexibility index (Phi) is 5.13. The maximum Gasteiger partial charge on any atom is 0.192 e. The number of nitrogens with one attached hydrogen (secondary N) is 1. The highest BCUT2D eigenvalue weighted by atomic mass is 32.1. The third kappa shape index (κ3) is 3.95. The van der Waals surface area contributed by atoms with Crippen LogP contribution in [0.15, 0.2) is 35.7 Å². The van der Waals surface area contributed by atoms with Crippen molar-refractivity contribution in [3.05, 3.63) is 52.4 Å². The highest BCUT2D eigenvalue weighted by Gasteiger charge is 2.39. The summed E-state index contributed by atoms with van der Waals surface area (Å²) in [5, 5.41) is 13.7. The molecule has 5 rings (SSSR count). The number of aromatic nitrogens is 4. The number of ether oxygens (including phenoxy) is 1. The van der Waals surface area contributed by atoms with Gasteiger partial charge in [-0.05, 0) is 76.4 Å². The summed E-state index contributed by atoms with van der Waals surface area (Å²) in [5.74, 6) is 1.38. The quantitative estimate of drug-likeness (QED) is 0.347. The zero-order valence-corrected chi connectivity index (χ0v) is 20.6. The summed E-state index contributed by atoms with van der Waals surface area (Å²) in [7, 11) is 1.65. The molecule has 0 saturated carbocycles. The molecule has 1 aliphatic rings. The molecule has 0 unspecified atom stereocenters. The van der Waals surface area contributed by atoms with E-state index in [-0.39, 0.29) is 17.7 Å². The van der Waals surface area contributed by atoms with Crippen LogP contribution in [0.3, 0.4) is 0 Å². The summed E-state index contributed by atoms with van der Waals surface area (Å²) >= 11 is 1.74. The number of fused-ring (bicyclic) bond motifs is 5. The standard InChI is InChI=1S/C24H28N6O2S/c1-14(15-7-9-16(31-6)10-8-15)28-32-12-18-26-21-19-17-11-23(2,3)29-24(4,5)20(17)33-22(19)25-13-30(21)27-18/h7-10,13,29H,11-12H2,1-6H3. The summed E-state index contributed by atoms with van der Waals surface area (Å²) in [6, 6.07) is 7.69. The van der Waals surface area contributed by atoms with Crippen molar-refractivity contribution in [3.8, 4) is 5.75 Å². The Balaban J connectivity index is 1.44. The van der Waals surface area contributed by atoms with Crippen LogP contribution in [-0.2, 0) is 23.4 Å². The van der Waals surface area contributed by atoms with Gasteiger partial charge in [0, 0.05) is 16.0 Å². The summed E-state index contributed by atoms with van der Waals surface area (Å²) in [6.45, 7) is 11.0. The van der Waals surface area contributed by atoms with Gasteiger partial charge in [0.15, 0.2) is 18.1 Å². The molecule has 0 aliphatic carbocycles. The van der Waals surface area contributed by atoms with Crippen molar-refractivity contribution in [1.82, 2.24) is 24.9 Å². The molecule has 0 saturated heterocycles. The minimum absolute atomic E-state index is 0.0169. The number of benzene rings is 1. The molecule has 1 N–H and O–H groups in total. The van der Waals surface area contributed by atoms with Gasteiger partial charge in [-0.3, -0.25) is 0 Å². The lowest BCUT2D eigenvalue weighted by atomic mass is 9.82. The van der Waals surface area contributed by atoms with Crippen molar-refractivity contribution in [2.24, 2.45) is 5.16 Å². The molecule has 8 nitrogen and oxygen atoms in total. The number of thiophene rings is 1. The number of hydrogen-bond acceptors (Lipinski definition) is 8. The van der Waals surface area contributed by atoms with Crippen molar-refractivity contribution in [1.29, 1.82) is 0 Å².